The van der Waals surface area contributed by atoms with Gasteiger partial charge in [0.25, 0.3) is 5.91 Å². The molecule has 6 nitrogen and oxygen atoms in total. The van der Waals surface area contributed by atoms with Crippen molar-refractivity contribution in [2.45, 2.75) is 39.8 Å². The molecule has 1 atom stereocenters. The smallest absolute Gasteiger partial charge is 0.261 e. The lowest BCUT2D eigenvalue weighted by Gasteiger charge is -2.31. The third-order valence-electron chi connectivity index (χ3n) is 4.73. The molecular weight excluding hydrogens is 416 g/mol. The molecule has 0 heterocycles. The van der Waals surface area contributed by atoms with E-state index in [1.54, 1.807) is 36.3 Å². The normalized spacial score (nSPS) is 11.7. The number of hydrogen-bond donors (Lipinski definition) is 1. The van der Waals surface area contributed by atoms with E-state index in [9.17, 15) is 9.59 Å². The standard InChI is InChI=1S/C24H31ClN2O4/c1-5-22(24(29)26-14-17(2)3)27(15-18-7-6-8-21(13-18)30-4)23(28)16-31-20-11-9-19(25)10-12-20/h6-13,17,22H,5,14-16H2,1-4H3,(H,26,29)/t22-/m0/s1. The van der Waals surface area contributed by atoms with Gasteiger partial charge >= 0.3 is 0 Å². The van der Waals surface area contributed by atoms with Gasteiger partial charge in [0.2, 0.25) is 5.91 Å². The van der Waals surface area contributed by atoms with E-state index in [-0.39, 0.29) is 25.0 Å². The van der Waals surface area contributed by atoms with Crippen molar-refractivity contribution < 1.29 is 19.1 Å². The van der Waals surface area contributed by atoms with Gasteiger partial charge in [-0.05, 0) is 54.3 Å². The van der Waals surface area contributed by atoms with E-state index >= 15 is 0 Å². The molecule has 1 N–H and O–H groups in total. The van der Waals surface area contributed by atoms with Crippen LogP contribution in [0.2, 0.25) is 5.02 Å². The molecule has 0 unspecified atom stereocenters. The number of nitrogens with zero attached hydrogens (tertiary/aromatic N) is 1. The molecule has 0 aliphatic heterocycles. The van der Waals surface area contributed by atoms with Crippen LogP contribution in [0.25, 0.3) is 0 Å². The number of nitrogens with one attached hydrogen (secondary N) is 1. The Kier molecular flexibility index (Phi) is 9.66. The maximum Gasteiger partial charge on any atom is 0.261 e. The van der Waals surface area contributed by atoms with Gasteiger partial charge in [-0.25, -0.2) is 0 Å². The van der Waals surface area contributed by atoms with Gasteiger partial charge < -0.3 is 19.7 Å². The van der Waals surface area contributed by atoms with Crippen LogP contribution < -0.4 is 14.8 Å². The Morgan fingerprint density at radius 2 is 1.81 bits per heavy atom. The fraction of sp³-hybridized carbons (Fsp3) is 0.417. The van der Waals surface area contributed by atoms with Gasteiger partial charge in [-0.1, -0.05) is 44.5 Å². The molecule has 168 valence electrons. The molecular formula is C24H31ClN2O4. The molecule has 0 aliphatic rings. The minimum absolute atomic E-state index is 0.168. The van der Waals surface area contributed by atoms with Crippen LogP contribution in [-0.4, -0.2) is 43.0 Å². The van der Waals surface area contributed by atoms with Gasteiger partial charge in [0.15, 0.2) is 6.61 Å². The zero-order valence-electron chi connectivity index (χ0n) is 18.6. The Bertz CT molecular complexity index is 855. The number of carbonyl (C=O) groups excluding carboxylic acids is 2. The fourth-order valence-corrected chi connectivity index (χ4v) is 3.19. The number of ether oxygens (including phenoxy) is 2. The summed E-state index contributed by atoms with van der Waals surface area (Å²) in [6.07, 6.45) is 0.487. The highest BCUT2D eigenvalue weighted by Crippen LogP contribution is 2.19. The van der Waals surface area contributed by atoms with E-state index in [0.717, 1.165) is 5.56 Å². The van der Waals surface area contributed by atoms with Gasteiger partial charge in [-0.3, -0.25) is 9.59 Å². The Balaban J connectivity index is 2.20. The maximum absolute atomic E-state index is 13.1. The van der Waals surface area contributed by atoms with E-state index in [2.05, 4.69) is 5.32 Å². The van der Waals surface area contributed by atoms with E-state index in [1.165, 1.54) is 0 Å². The summed E-state index contributed by atoms with van der Waals surface area (Å²) in [6, 6.07) is 13.7. The van der Waals surface area contributed by atoms with Crippen LogP contribution >= 0.6 is 11.6 Å². The first kappa shape index (κ1) is 24.5. The number of methoxy groups -OCH3 is 1. The number of hydrogen-bond acceptors (Lipinski definition) is 4. The molecule has 2 rings (SSSR count). The molecule has 2 amide bonds. The quantitative estimate of drug-likeness (QED) is 0.558. The van der Waals surface area contributed by atoms with Crippen LogP contribution in [0.3, 0.4) is 0 Å². The first-order valence-corrected chi connectivity index (χ1v) is 10.8. The van der Waals surface area contributed by atoms with Crippen molar-refractivity contribution in [3.05, 3.63) is 59.1 Å². The van der Waals surface area contributed by atoms with Crippen molar-refractivity contribution in [2.75, 3.05) is 20.3 Å². The second kappa shape index (κ2) is 12.2. The minimum Gasteiger partial charge on any atom is -0.497 e. The molecule has 2 aromatic carbocycles. The summed E-state index contributed by atoms with van der Waals surface area (Å²) in [6.45, 7) is 6.59. The number of halogens is 1. The summed E-state index contributed by atoms with van der Waals surface area (Å²) in [5.41, 5.74) is 0.870. The number of amides is 2. The molecule has 31 heavy (non-hydrogen) atoms. The predicted octanol–water partition coefficient (Wildman–Crippen LogP) is 4.31. The molecule has 0 bridgehead atoms. The van der Waals surface area contributed by atoms with E-state index < -0.39 is 6.04 Å². The largest absolute Gasteiger partial charge is 0.497 e. The van der Waals surface area contributed by atoms with Crippen LogP contribution in [0.5, 0.6) is 11.5 Å². The molecule has 0 saturated carbocycles. The van der Waals surface area contributed by atoms with Gasteiger partial charge in [0.05, 0.1) is 7.11 Å². The number of benzene rings is 2. The molecule has 0 aliphatic carbocycles. The highest BCUT2D eigenvalue weighted by molar-refractivity contribution is 6.30. The van der Waals surface area contributed by atoms with Crippen LogP contribution in [0.15, 0.2) is 48.5 Å². The highest BCUT2D eigenvalue weighted by atomic mass is 35.5. The first-order valence-electron chi connectivity index (χ1n) is 10.4. The first-order chi connectivity index (χ1) is 14.8. The SMILES string of the molecule is CC[C@@H](C(=O)NCC(C)C)N(Cc1cccc(OC)c1)C(=O)COc1ccc(Cl)cc1. The highest BCUT2D eigenvalue weighted by Gasteiger charge is 2.29. The maximum atomic E-state index is 13.1. The summed E-state index contributed by atoms with van der Waals surface area (Å²) in [5, 5.41) is 3.53. The molecule has 0 spiro atoms. The lowest BCUT2D eigenvalue weighted by atomic mass is 10.1. The van der Waals surface area contributed by atoms with Crippen molar-refractivity contribution >= 4 is 23.4 Å². The van der Waals surface area contributed by atoms with Crippen molar-refractivity contribution in [2.24, 2.45) is 5.92 Å². The molecule has 0 saturated heterocycles. The monoisotopic (exact) mass is 446 g/mol. The summed E-state index contributed by atoms with van der Waals surface area (Å²) in [4.78, 5) is 27.6. The predicted molar refractivity (Wildman–Crippen MR) is 122 cm³/mol. The van der Waals surface area contributed by atoms with Crippen LogP contribution in [0, 0.1) is 5.92 Å². The minimum atomic E-state index is -0.605. The van der Waals surface area contributed by atoms with E-state index in [4.69, 9.17) is 21.1 Å². The van der Waals surface area contributed by atoms with E-state index in [1.807, 2.05) is 45.0 Å². The Morgan fingerprint density at radius 1 is 1.10 bits per heavy atom. The van der Waals surface area contributed by atoms with Gasteiger partial charge in [0.1, 0.15) is 17.5 Å². The van der Waals surface area contributed by atoms with Crippen molar-refractivity contribution in [1.82, 2.24) is 10.2 Å². The Hall–Kier alpha value is -2.73. The van der Waals surface area contributed by atoms with Gasteiger partial charge in [0, 0.05) is 18.1 Å². The van der Waals surface area contributed by atoms with Crippen LogP contribution in [-0.2, 0) is 16.1 Å². The zero-order valence-corrected chi connectivity index (χ0v) is 19.3. The summed E-state index contributed by atoms with van der Waals surface area (Å²) >= 11 is 5.90. The summed E-state index contributed by atoms with van der Waals surface area (Å²) < 4.78 is 10.9. The van der Waals surface area contributed by atoms with Crippen LogP contribution in [0.1, 0.15) is 32.8 Å². The average Bonchev–Trinajstić information content (AvgIpc) is 2.77. The van der Waals surface area contributed by atoms with E-state index in [0.29, 0.717) is 35.4 Å². The average molecular weight is 447 g/mol. The topological polar surface area (TPSA) is 67.9 Å². The van der Waals surface area contributed by atoms with Gasteiger partial charge in [-0.2, -0.15) is 0 Å². The third kappa shape index (κ3) is 7.79. The second-order valence-electron chi connectivity index (χ2n) is 7.68. The fourth-order valence-electron chi connectivity index (χ4n) is 3.07. The molecule has 0 fully saturated rings. The van der Waals surface area contributed by atoms with Crippen molar-refractivity contribution in [3.63, 3.8) is 0 Å². The molecule has 0 aromatic heterocycles. The molecule has 2 aromatic rings. The summed E-state index contributed by atoms with van der Waals surface area (Å²) in [5.74, 6) is 1.11. The number of rotatable bonds is 11. The lowest BCUT2D eigenvalue weighted by Crippen LogP contribution is -2.50. The van der Waals surface area contributed by atoms with Crippen molar-refractivity contribution in [3.8, 4) is 11.5 Å². The molecule has 7 heteroatoms. The zero-order chi connectivity index (χ0) is 22.8. The Morgan fingerprint density at radius 3 is 2.42 bits per heavy atom. The molecule has 0 radical (unpaired) electrons. The number of carbonyl (C=O) groups is 2. The summed E-state index contributed by atoms with van der Waals surface area (Å²) in [7, 11) is 1.59. The van der Waals surface area contributed by atoms with Crippen molar-refractivity contribution in [1.29, 1.82) is 0 Å². The lowest BCUT2D eigenvalue weighted by molar-refractivity contribution is -0.143. The Labute approximate surface area is 189 Å². The second-order valence-corrected chi connectivity index (χ2v) is 8.12. The van der Waals surface area contributed by atoms with Gasteiger partial charge in [-0.15, -0.1) is 0 Å². The third-order valence-corrected chi connectivity index (χ3v) is 4.99. The van der Waals surface area contributed by atoms with Crippen LogP contribution in [0.4, 0.5) is 0 Å².